The van der Waals surface area contributed by atoms with Crippen LogP contribution in [0.4, 0.5) is 0 Å². The van der Waals surface area contributed by atoms with Gasteiger partial charge in [-0.2, -0.15) is 0 Å². The first kappa shape index (κ1) is 11.8. The van der Waals surface area contributed by atoms with E-state index in [1.54, 1.807) is 7.05 Å². The molecule has 0 aliphatic heterocycles. The standard InChI is InChI=1S/C10H12Cl2N2O2/c1-14-7(4-6(11)8(14)12)9(16)13-10(5-15)2-3-10/h4,15H,2-3,5H2,1H3,(H,13,16). The van der Waals surface area contributed by atoms with Crippen molar-refractivity contribution >= 4 is 29.1 Å². The first-order valence-electron chi connectivity index (χ1n) is 4.93. The molecule has 0 radical (unpaired) electrons. The van der Waals surface area contributed by atoms with E-state index in [4.69, 9.17) is 28.3 Å². The van der Waals surface area contributed by atoms with Crippen molar-refractivity contribution in [3.63, 3.8) is 0 Å². The maximum Gasteiger partial charge on any atom is 0.268 e. The summed E-state index contributed by atoms with van der Waals surface area (Å²) >= 11 is 11.7. The first-order valence-corrected chi connectivity index (χ1v) is 5.69. The summed E-state index contributed by atoms with van der Waals surface area (Å²) in [4.78, 5) is 11.9. The molecule has 1 aliphatic carbocycles. The van der Waals surface area contributed by atoms with E-state index in [2.05, 4.69) is 5.32 Å². The number of nitrogens with one attached hydrogen (secondary N) is 1. The second kappa shape index (κ2) is 3.95. The molecule has 0 atom stereocenters. The van der Waals surface area contributed by atoms with Gasteiger partial charge in [0.2, 0.25) is 0 Å². The molecule has 1 aromatic heterocycles. The van der Waals surface area contributed by atoms with Crippen LogP contribution < -0.4 is 5.32 Å². The Labute approximate surface area is 103 Å². The highest BCUT2D eigenvalue weighted by Crippen LogP contribution is 2.35. The Morgan fingerprint density at radius 1 is 1.62 bits per heavy atom. The summed E-state index contributed by atoms with van der Waals surface area (Å²) in [6.45, 7) is -0.0371. The molecule has 0 bridgehead atoms. The molecule has 0 spiro atoms. The van der Waals surface area contributed by atoms with Gasteiger partial charge in [-0.05, 0) is 18.9 Å². The average molecular weight is 263 g/mol. The highest BCUT2D eigenvalue weighted by molar-refractivity contribution is 6.41. The van der Waals surface area contributed by atoms with Crippen LogP contribution in [0.1, 0.15) is 23.3 Å². The number of hydrogen-bond acceptors (Lipinski definition) is 2. The lowest BCUT2D eigenvalue weighted by molar-refractivity contribution is 0.0898. The molecule has 2 N–H and O–H groups in total. The first-order chi connectivity index (χ1) is 7.49. The van der Waals surface area contributed by atoms with Gasteiger partial charge < -0.3 is 15.0 Å². The molecule has 0 unspecified atom stereocenters. The van der Waals surface area contributed by atoms with Crippen LogP contribution in [0.15, 0.2) is 6.07 Å². The fraction of sp³-hybridized carbons (Fsp3) is 0.500. The predicted octanol–water partition coefficient (Wildman–Crippen LogP) is 1.59. The number of carbonyl (C=O) groups is 1. The van der Waals surface area contributed by atoms with E-state index in [0.717, 1.165) is 12.8 Å². The molecule has 88 valence electrons. The van der Waals surface area contributed by atoms with Crippen molar-refractivity contribution in [3.05, 3.63) is 21.9 Å². The Kier molecular flexibility index (Phi) is 2.90. The molecule has 1 aliphatic rings. The van der Waals surface area contributed by atoms with Crippen molar-refractivity contribution in [1.29, 1.82) is 0 Å². The number of aliphatic hydroxyl groups excluding tert-OH is 1. The number of rotatable bonds is 3. The summed E-state index contributed by atoms with van der Waals surface area (Å²) in [6.07, 6.45) is 1.61. The van der Waals surface area contributed by atoms with Gasteiger partial charge in [0.1, 0.15) is 10.8 Å². The van der Waals surface area contributed by atoms with Crippen LogP contribution in [-0.2, 0) is 7.05 Å². The Bertz CT molecular complexity index is 438. The molecule has 1 aromatic rings. The minimum atomic E-state index is -0.430. The van der Waals surface area contributed by atoms with Crippen molar-refractivity contribution in [1.82, 2.24) is 9.88 Å². The third-order valence-corrected chi connectivity index (χ3v) is 3.73. The van der Waals surface area contributed by atoms with Crippen molar-refractivity contribution in [2.75, 3.05) is 6.61 Å². The zero-order valence-corrected chi connectivity index (χ0v) is 10.3. The van der Waals surface area contributed by atoms with E-state index in [1.807, 2.05) is 0 Å². The van der Waals surface area contributed by atoms with Gasteiger partial charge in [0, 0.05) is 7.05 Å². The molecule has 16 heavy (non-hydrogen) atoms. The van der Waals surface area contributed by atoms with Crippen molar-refractivity contribution in [3.8, 4) is 0 Å². The van der Waals surface area contributed by atoms with Crippen LogP contribution in [0.3, 0.4) is 0 Å². The minimum Gasteiger partial charge on any atom is -0.394 e. The Balaban J connectivity index is 2.18. The van der Waals surface area contributed by atoms with E-state index >= 15 is 0 Å². The second-order valence-corrected chi connectivity index (χ2v) is 4.89. The maximum absolute atomic E-state index is 11.9. The van der Waals surface area contributed by atoms with Crippen LogP contribution in [0.5, 0.6) is 0 Å². The number of halogens is 2. The quantitative estimate of drug-likeness (QED) is 0.870. The predicted molar refractivity (Wildman–Crippen MR) is 62.0 cm³/mol. The van der Waals surface area contributed by atoms with E-state index in [9.17, 15) is 4.79 Å². The van der Waals surface area contributed by atoms with Gasteiger partial charge in [0.15, 0.2) is 0 Å². The minimum absolute atomic E-state index is 0.0371. The smallest absolute Gasteiger partial charge is 0.268 e. The number of aromatic nitrogens is 1. The second-order valence-electron chi connectivity index (χ2n) is 4.12. The van der Waals surface area contributed by atoms with Gasteiger partial charge in [-0.1, -0.05) is 23.2 Å². The monoisotopic (exact) mass is 262 g/mol. The summed E-state index contributed by atoms with van der Waals surface area (Å²) in [6, 6.07) is 1.52. The van der Waals surface area contributed by atoms with E-state index < -0.39 is 5.54 Å². The Hall–Kier alpha value is -0.710. The molecule has 0 aromatic carbocycles. The Morgan fingerprint density at radius 2 is 2.25 bits per heavy atom. The summed E-state index contributed by atoms with van der Waals surface area (Å²) in [5.74, 6) is -0.261. The molecule has 0 saturated heterocycles. The number of carbonyl (C=O) groups excluding carboxylic acids is 1. The van der Waals surface area contributed by atoms with Crippen LogP contribution >= 0.6 is 23.2 Å². The van der Waals surface area contributed by atoms with Gasteiger partial charge in [-0.3, -0.25) is 4.79 Å². The number of aliphatic hydroxyl groups is 1. The van der Waals surface area contributed by atoms with Gasteiger partial charge >= 0.3 is 0 Å². The molecule has 1 amide bonds. The highest BCUT2D eigenvalue weighted by atomic mass is 35.5. The topological polar surface area (TPSA) is 54.3 Å². The lowest BCUT2D eigenvalue weighted by Crippen LogP contribution is -2.40. The number of nitrogens with zero attached hydrogens (tertiary/aromatic N) is 1. The van der Waals surface area contributed by atoms with Crippen LogP contribution in [0, 0.1) is 0 Å². The fourth-order valence-corrected chi connectivity index (χ4v) is 1.91. The van der Waals surface area contributed by atoms with Gasteiger partial charge in [-0.15, -0.1) is 0 Å². The van der Waals surface area contributed by atoms with Crippen LogP contribution in [0.25, 0.3) is 0 Å². The zero-order chi connectivity index (χ0) is 11.9. The maximum atomic E-state index is 11.9. The summed E-state index contributed by atoms with van der Waals surface area (Å²) in [5.41, 5.74) is -0.0324. The number of hydrogen-bond donors (Lipinski definition) is 2. The van der Waals surface area contributed by atoms with E-state index in [0.29, 0.717) is 15.9 Å². The van der Waals surface area contributed by atoms with Crippen LogP contribution in [0.2, 0.25) is 10.2 Å². The molecule has 4 nitrogen and oxygen atoms in total. The third-order valence-electron chi connectivity index (χ3n) is 2.88. The van der Waals surface area contributed by atoms with Crippen molar-refractivity contribution < 1.29 is 9.90 Å². The normalized spacial score (nSPS) is 17.2. The van der Waals surface area contributed by atoms with Gasteiger partial charge in [0.05, 0.1) is 17.2 Å². The average Bonchev–Trinajstić information content (AvgIpc) is 2.98. The van der Waals surface area contributed by atoms with Crippen molar-refractivity contribution in [2.45, 2.75) is 18.4 Å². The molecule has 1 heterocycles. The largest absolute Gasteiger partial charge is 0.394 e. The van der Waals surface area contributed by atoms with E-state index in [-0.39, 0.29) is 12.5 Å². The number of amides is 1. The third kappa shape index (κ3) is 1.93. The van der Waals surface area contributed by atoms with Crippen LogP contribution in [-0.4, -0.2) is 27.7 Å². The molecule has 1 saturated carbocycles. The zero-order valence-electron chi connectivity index (χ0n) is 8.76. The highest BCUT2D eigenvalue weighted by Gasteiger charge is 2.43. The molecule has 6 heteroatoms. The fourth-order valence-electron chi connectivity index (χ4n) is 1.54. The lowest BCUT2D eigenvalue weighted by Gasteiger charge is -2.14. The van der Waals surface area contributed by atoms with Gasteiger partial charge in [-0.25, -0.2) is 0 Å². The van der Waals surface area contributed by atoms with Crippen molar-refractivity contribution in [2.24, 2.45) is 7.05 Å². The SMILES string of the molecule is Cn1c(C(=O)NC2(CO)CC2)cc(Cl)c1Cl. The summed E-state index contributed by atoms with van der Waals surface area (Å²) in [7, 11) is 1.67. The molecule has 2 rings (SSSR count). The van der Waals surface area contributed by atoms with E-state index in [1.165, 1.54) is 10.6 Å². The molecular formula is C10H12Cl2N2O2. The lowest BCUT2D eigenvalue weighted by atomic mass is 10.2. The Morgan fingerprint density at radius 3 is 2.62 bits per heavy atom. The summed E-state index contributed by atoms with van der Waals surface area (Å²) in [5, 5.41) is 12.6. The molecule has 1 fully saturated rings. The van der Waals surface area contributed by atoms with Gasteiger partial charge in [0.25, 0.3) is 5.91 Å². The molecular weight excluding hydrogens is 251 g/mol. The summed E-state index contributed by atoms with van der Waals surface area (Å²) < 4.78 is 1.52.